The summed E-state index contributed by atoms with van der Waals surface area (Å²) in [4.78, 5) is 0. The highest BCUT2D eigenvalue weighted by atomic mass is 16.7. The fraction of sp³-hybridized carbons (Fsp3) is 1.00. The summed E-state index contributed by atoms with van der Waals surface area (Å²) in [6, 6.07) is -1.03. The molecule has 1 saturated carbocycles. The monoisotopic (exact) mass is 505 g/mol. The van der Waals surface area contributed by atoms with Gasteiger partial charge in [0.15, 0.2) is 12.6 Å². The highest BCUT2D eigenvalue weighted by Crippen LogP contribution is 2.32. The van der Waals surface area contributed by atoms with Gasteiger partial charge in [-0.3, -0.25) is 0 Å². The Morgan fingerprint density at radius 2 is 1.43 bits per heavy atom. The summed E-state index contributed by atoms with van der Waals surface area (Å²) >= 11 is 0. The first-order chi connectivity index (χ1) is 16.7. The molecule has 0 aromatic carbocycles. The van der Waals surface area contributed by atoms with Gasteiger partial charge in [0.1, 0.15) is 30.0 Å². The number of ether oxygens (including phenoxy) is 4. The van der Waals surface area contributed by atoms with E-state index in [2.05, 4.69) is 26.6 Å². The molecular formula is C23H47N5O7. The van der Waals surface area contributed by atoms with Gasteiger partial charge in [-0.2, -0.15) is 0 Å². The number of aliphatic hydroxyl groups excluding tert-OH is 2. The smallest absolute Gasteiger partial charge is 0.185 e. The summed E-state index contributed by atoms with van der Waals surface area (Å²) in [5.74, 6) is 0. The fourth-order valence-corrected chi connectivity index (χ4v) is 5.63. The fourth-order valence-electron chi connectivity index (χ4n) is 5.63. The molecule has 8 N–H and O–H groups in total. The summed E-state index contributed by atoms with van der Waals surface area (Å²) in [5, 5.41) is 48.8. The molecule has 2 aliphatic heterocycles. The van der Waals surface area contributed by atoms with Gasteiger partial charge < -0.3 is 60.9 Å². The van der Waals surface area contributed by atoms with E-state index in [0.717, 1.165) is 19.4 Å². The van der Waals surface area contributed by atoms with Crippen LogP contribution >= 0.6 is 0 Å². The molecule has 35 heavy (non-hydrogen) atoms. The van der Waals surface area contributed by atoms with E-state index in [1.807, 2.05) is 28.2 Å². The van der Waals surface area contributed by atoms with Crippen LogP contribution in [-0.4, -0.2) is 137 Å². The topological polar surface area (TPSA) is 158 Å². The lowest BCUT2D eigenvalue weighted by molar-refractivity contribution is -0.309. The number of likely N-dealkylation sites (N-methyl/N-ethyl adjacent to an activating group) is 5. The van der Waals surface area contributed by atoms with Crippen molar-refractivity contribution in [3.63, 3.8) is 0 Å². The second-order valence-electron chi connectivity index (χ2n) is 10.2. The first-order valence-electron chi connectivity index (χ1n) is 12.7. The quantitative estimate of drug-likeness (QED) is 0.153. The number of rotatable bonds is 10. The van der Waals surface area contributed by atoms with Gasteiger partial charge in [-0.1, -0.05) is 0 Å². The summed E-state index contributed by atoms with van der Waals surface area (Å²) < 4.78 is 24.6. The molecule has 2 heterocycles. The molecule has 2 saturated heterocycles. The molecule has 0 bridgehead atoms. The van der Waals surface area contributed by atoms with Crippen molar-refractivity contribution in [2.45, 2.75) is 99.1 Å². The Bertz CT molecular complexity index is 647. The third kappa shape index (κ3) is 6.51. The van der Waals surface area contributed by atoms with E-state index >= 15 is 0 Å². The number of nitrogens with one attached hydrogen (secondary N) is 5. The molecule has 4 unspecified atom stereocenters. The Balaban J connectivity index is 1.76. The van der Waals surface area contributed by atoms with Crippen molar-refractivity contribution < 1.29 is 34.3 Å². The normalized spacial score (nSPS) is 47.1. The Morgan fingerprint density at radius 1 is 0.829 bits per heavy atom. The second-order valence-corrected chi connectivity index (χ2v) is 10.2. The summed E-state index contributed by atoms with van der Waals surface area (Å²) in [6.45, 7) is 2.31. The second kappa shape index (κ2) is 12.9. The summed E-state index contributed by atoms with van der Waals surface area (Å²) in [6.07, 6.45) is -2.61. The predicted octanol–water partition coefficient (Wildman–Crippen LogP) is -2.93. The molecular weight excluding hydrogens is 458 g/mol. The molecule has 0 radical (unpaired) electrons. The Morgan fingerprint density at radius 3 is 1.97 bits per heavy atom. The van der Waals surface area contributed by atoms with E-state index in [-0.39, 0.29) is 30.8 Å². The van der Waals surface area contributed by atoms with Gasteiger partial charge in [0, 0.05) is 18.6 Å². The zero-order chi connectivity index (χ0) is 25.8. The van der Waals surface area contributed by atoms with Crippen LogP contribution in [0, 0.1) is 0 Å². The Kier molecular flexibility index (Phi) is 10.7. The van der Waals surface area contributed by atoms with Gasteiger partial charge in [0.25, 0.3) is 0 Å². The van der Waals surface area contributed by atoms with Crippen LogP contribution in [0.1, 0.15) is 26.2 Å². The zero-order valence-corrected chi connectivity index (χ0v) is 21.9. The van der Waals surface area contributed by atoms with Crippen LogP contribution in [0.2, 0.25) is 0 Å². The van der Waals surface area contributed by atoms with E-state index < -0.39 is 48.6 Å². The molecule has 3 aliphatic rings. The molecule has 3 rings (SSSR count). The van der Waals surface area contributed by atoms with Gasteiger partial charge >= 0.3 is 0 Å². The average molecular weight is 506 g/mol. The Hall–Kier alpha value is -0.480. The van der Waals surface area contributed by atoms with Gasteiger partial charge in [-0.25, -0.2) is 0 Å². The lowest BCUT2D eigenvalue weighted by Gasteiger charge is -2.49. The van der Waals surface area contributed by atoms with Crippen molar-refractivity contribution >= 4 is 0 Å². The predicted molar refractivity (Wildman–Crippen MR) is 130 cm³/mol. The van der Waals surface area contributed by atoms with Crippen LogP contribution in [0.5, 0.6) is 0 Å². The van der Waals surface area contributed by atoms with Gasteiger partial charge in [0.2, 0.25) is 0 Å². The minimum absolute atomic E-state index is 0.00341. The minimum atomic E-state index is -1.26. The highest BCUT2D eigenvalue weighted by molar-refractivity contribution is 5.03. The maximum absolute atomic E-state index is 11.5. The molecule has 12 heteroatoms. The molecule has 3 fully saturated rings. The molecule has 0 aromatic heterocycles. The van der Waals surface area contributed by atoms with Crippen molar-refractivity contribution in [1.82, 2.24) is 26.6 Å². The minimum Gasteiger partial charge on any atom is -0.388 e. The van der Waals surface area contributed by atoms with Crippen molar-refractivity contribution in [2.75, 3.05) is 48.4 Å². The number of aliphatic hydroxyl groups is 3. The molecule has 12 nitrogen and oxygen atoms in total. The average Bonchev–Trinajstić information content (AvgIpc) is 2.83. The Labute approximate surface area is 208 Å². The van der Waals surface area contributed by atoms with Crippen molar-refractivity contribution in [1.29, 1.82) is 0 Å². The standard InChI is InChI=1S/C23H47N5O7/c1-23(31)11-32-22(17(30)20(23)28-6)35-19-15(27-5)9-14(26-4)18(16(19)29)34-21-13(25-3)8-7-12(33-21)10-24-2/h12-22,24-31H,7-11H2,1-6H3/t12?,13?,14?,15-,16+,17-,18?,19-,20+,21-,22-,23+/m1/s1. The molecule has 0 amide bonds. The first kappa shape index (κ1) is 29.1. The van der Waals surface area contributed by atoms with Crippen LogP contribution < -0.4 is 26.6 Å². The molecule has 206 valence electrons. The number of hydrogen-bond acceptors (Lipinski definition) is 12. The van der Waals surface area contributed by atoms with Gasteiger partial charge in [0.05, 0.1) is 24.8 Å². The van der Waals surface area contributed by atoms with Crippen molar-refractivity contribution in [3.8, 4) is 0 Å². The van der Waals surface area contributed by atoms with E-state index in [1.54, 1.807) is 14.0 Å². The summed E-state index contributed by atoms with van der Waals surface area (Å²) in [7, 11) is 9.10. The molecule has 1 aliphatic carbocycles. The van der Waals surface area contributed by atoms with Gasteiger partial charge in [-0.05, 0) is 61.4 Å². The van der Waals surface area contributed by atoms with Crippen LogP contribution in [0.15, 0.2) is 0 Å². The maximum Gasteiger partial charge on any atom is 0.185 e. The highest BCUT2D eigenvalue weighted by Gasteiger charge is 2.51. The van der Waals surface area contributed by atoms with Crippen LogP contribution in [0.3, 0.4) is 0 Å². The largest absolute Gasteiger partial charge is 0.388 e. The first-order valence-corrected chi connectivity index (χ1v) is 12.7. The van der Waals surface area contributed by atoms with Crippen LogP contribution in [0.4, 0.5) is 0 Å². The third-order valence-electron chi connectivity index (χ3n) is 7.70. The lowest BCUT2D eigenvalue weighted by Crippen LogP contribution is -2.69. The maximum atomic E-state index is 11.5. The molecule has 0 spiro atoms. The van der Waals surface area contributed by atoms with Crippen LogP contribution in [-0.2, 0) is 18.9 Å². The van der Waals surface area contributed by atoms with E-state index in [0.29, 0.717) is 6.42 Å². The van der Waals surface area contributed by atoms with Gasteiger partial charge in [-0.15, -0.1) is 0 Å². The zero-order valence-electron chi connectivity index (χ0n) is 21.9. The lowest BCUT2D eigenvalue weighted by atomic mass is 9.83. The SMILES string of the molecule is CNCC1CCC(NC)[C@@H](OC2C(NC)C[C@@H](NC)[C@@H](O[C@H]3OC[C@](C)(O)[C@@H](NC)[C@H]3O)[C@H]2O)O1. The molecule has 12 atom stereocenters. The van der Waals surface area contributed by atoms with Crippen molar-refractivity contribution in [2.24, 2.45) is 0 Å². The molecule has 0 aromatic rings. The van der Waals surface area contributed by atoms with Crippen LogP contribution in [0.25, 0.3) is 0 Å². The van der Waals surface area contributed by atoms with Crippen molar-refractivity contribution in [3.05, 3.63) is 0 Å². The van der Waals surface area contributed by atoms with E-state index in [4.69, 9.17) is 18.9 Å². The number of hydrogen-bond donors (Lipinski definition) is 8. The van der Waals surface area contributed by atoms with E-state index in [1.165, 1.54) is 0 Å². The van der Waals surface area contributed by atoms with E-state index in [9.17, 15) is 15.3 Å². The third-order valence-corrected chi connectivity index (χ3v) is 7.70. The summed E-state index contributed by atoms with van der Waals surface area (Å²) in [5.41, 5.74) is -1.26.